The number of hydrogen-bond donors (Lipinski definition) is 3. The van der Waals surface area contributed by atoms with Gasteiger partial charge < -0.3 is 15.2 Å². The maximum atomic E-state index is 11.6. The first-order valence-electron chi connectivity index (χ1n) is 5.75. The van der Waals surface area contributed by atoms with Crippen molar-refractivity contribution in [2.45, 2.75) is 6.54 Å². The van der Waals surface area contributed by atoms with Crippen LogP contribution in [-0.4, -0.2) is 37.7 Å². The first-order valence-corrected chi connectivity index (χ1v) is 7.77. The Morgan fingerprint density at radius 3 is 3.05 bits per heavy atom. The quantitative estimate of drug-likeness (QED) is 0.293. The molecule has 0 amide bonds. The van der Waals surface area contributed by atoms with Crippen LogP contribution in [0, 0.1) is 0 Å². The summed E-state index contributed by atoms with van der Waals surface area (Å²) in [5.74, 6) is -0.0216. The topological polar surface area (TPSA) is 145 Å². The molecule has 0 aliphatic rings. The van der Waals surface area contributed by atoms with E-state index in [0.29, 0.717) is 11.2 Å². The van der Waals surface area contributed by atoms with Gasteiger partial charge in [-0.15, -0.1) is 4.67 Å². The zero-order valence-corrected chi connectivity index (χ0v) is 12.0. The van der Waals surface area contributed by atoms with Crippen molar-refractivity contribution >= 4 is 24.7 Å². The van der Waals surface area contributed by atoms with Gasteiger partial charge in [-0.05, 0) is 5.57 Å². The zero-order chi connectivity index (χ0) is 15.6. The number of hydrogen-bond acceptors (Lipinski definition) is 7. The Labute approximate surface area is 118 Å². The molecule has 2 heterocycles. The number of fused-ring (bicyclic) bond motifs is 1. The monoisotopic (exact) mass is 315 g/mol. The molecule has 4 N–H and O–H groups in total. The van der Waals surface area contributed by atoms with Crippen molar-refractivity contribution in [1.29, 1.82) is 0 Å². The van der Waals surface area contributed by atoms with Crippen molar-refractivity contribution in [2.75, 3.05) is 19.0 Å². The Morgan fingerprint density at radius 2 is 2.38 bits per heavy atom. The van der Waals surface area contributed by atoms with Gasteiger partial charge >= 0.3 is 7.60 Å². The molecule has 1 atom stereocenters. The highest BCUT2D eigenvalue weighted by Gasteiger charge is 2.13. The van der Waals surface area contributed by atoms with Gasteiger partial charge in [-0.3, -0.25) is 14.3 Å². The molecule has 0 aliphatic carbocycles. The van der Waals surface area contributed by atoms with Gasteiger partial charge in [-0.25, -0.2) is 9.87 Å². The van der Waals surface area contributed by atoms with Gasteiger partial charge in [0.15, 0.2) is 11.2 Å². The molecule has 2 aromatic heterocycles. The van der Waals surface area contributed by atoms with Gasteiger partial charge in [0.05, 0.1) is 6.33 Å². The molecular weight excluding hydrogens is 301 g/mol. The normalized spacial score (nSPS) is 14.2. The SMILES string of the molecule is C=C(COOP(C)(=O)O)Cn1cnc2c(=O)[nH]c(N)nc21. The molecule has 0 saturated carbocycles. The summed E-state index contributed by atoms with van der Waals surface area (Å²) in [5, 5.41) is 0. The largest absolute Gasteiger partial charge is 0.369 e. The van der Waals surface area contributed by atoms with Crippen LogP contribution < -0.4 is 11.3 Å². The van der Waals surface area contributed by atoms with E-state index >= 15 is 0 Å². The average Bonchev–Trinajstić information content (AvgIpc) is 2.71. The number of nitrogens with one attached hydrogen (secondary N) is 1. The van der Waals surface area contributed by atoms with E-state index in [2.05, 4.69) is 31.1 Å². The number of aromatic amines is 1. The van der Waals surface area contributed by atoms with Crippen LogP contribution in [0.25, 0.3) is 11.2 Å². The Kier molecular flexibility index (Phi) is 4.24. The number of nitrogens with zero attached hydrogens (tertiary/aromatic N) is 3. The summed E-state index contributed by atoms with van der Waals surface area (Å²) in [7, 11) is -3.70. The van der Waals surface area contributed by atoms with E-state index in [1.165, 1.54) is 6.33 Å². The van der Waals surface area contributed by atoms with Crippen molar-refractivity contribution in [3.8, 4) is 0 Å². The molecule has 114 valence electrons. The van der Waals surface area contributed by atoms with E-state index in [1.807, 2.05) is 0 Å². The average molecular weight is 315 g/mol. The van der Waals surface area contributed by atoms with Crippen LogP contribution in [0.3, 0.4) is 0 Å². The number of nitrogen functional groups attached to an aromatic ring is 1. The predicted molar refractivity (Wildman–Crippen MR) is 74.5 cm³/mol. The fraction of sp³-hybridized carbons (Fsp3) is 0.300. The van der Waals surface area contributed by atoms with Crippen molar-refractivity contribution in [2.24, 2.45) is 0 Å². The molecule has 0 bridgehead atoms. The van der Waals surface area contributed by atoms with Crippen molar-refractivity contribution < 1.29 is 19.0 Å². The summed E-state index contributed by atoms with van der Waals surface area (Å²) in [5.41, 5.74) is 6.02. The molecule has 0 aromatic carbocycles. The summed E-state index contributed by atoms with van der Waals surface area (Å²) >= 11 is 0. The number of rotatable bonds is 6. The molecule has 0 radical (unpaired) electrons. The second-order valence-electron chi connectivity index (χ2n) is 4.39. The summed E-state index contributed by atoms with van der Waals surface area (Å²) < 4.78 is 16.7. The fourth-order valence-electron chi connectivity index (χ4n) is 1.58. The molecule has 21 heavy (non-hydrogen) atoms. The Hall–Kier alpha value is -2.00. The smallest absolute Gasteiger partial charge is 0.352 e. The standard InChI is InChI=1S/C10H14N5O5P/c1-6(4-19-20-21(2,17)18)3-15-5-12-7-8(15)13-10(11)14-9(7)16/h5H,1,3-4H2,2H3,(H,17,18)(H3,11,13,14,16). The van der Waals surface area contributed by atoms with Gasteiger partial charge in [-0.2, -0.15) is 4.98 Å². The number of nitrogens with two attached hydrogens (primary N) is 1. The number of aromatic nitrogens is 4. The third-order valence-electron chi connectivity index (χ3n) is 2.34. The molecule has 11 heteroatoms. The van der Waals surface area contributed by atoms with Crippen molar-refractivity contribution in [3.05, 3.63) is 28.8 Å². The van der Waals surface area contributed by atoms with Gasteiger partial charge in [0, 0.05) is 13.2 Å². The fourth-order valence-corrected chi connectivity index (χ4v) is 1.83. The van der Waals surface area contributed by atoms with Crippen LogP contribution >= 0.6 is 7.60 Å². The van der Waals surface area contributed by atoms with Crippen molar-refractivity contribution in [1.82, 2.24) is 19.5 Å². The minimum atomic E-state index is -3.70. The first-order chi connectivity index (χ1) is 9.76. The number of anilines is 1. The van der Waals surface area contributed by atoms with Crippen LogP contribution in [0.5, 0.6) is 0 Å². The molecule has 2 rings (SSSR count). The molecule has 2 aromatic rings. The third-order valence-corrected chi connectivity index (χ3v) is 2.72. The summed E-state index contributed by atoms with van der Waals surface area (Å²) in [4.78, 5) is 35.4. The van der Waals surface area contributed by atoms with E-state index in [-0.39, 0.29) is 24.6 Å². The van der Waals surface area contributed by atoms with Crippen molar-refractivity contribution in [3.63, 3.8) is 0 Å². The van der Waals surface area contributed by atoms with Gasteiger partial charge in [0.2, 0.25) is 5.95 Å². The van der Waals surface area contributed by atoms with Crippen LogP contribution in [0.4, 0.5) is 5.95 Å². The van der Waals surface area contributed by atoms with E-state index < -0.39 is 13.2 Å². The molecule has 0 saturated heterocycles. The van der Waals surface area contributed by atoms with Gasteiger partial charge in [0.25, 0.3) is 5.56 Å². The second-order valence-corrected chi connectivity index (χ2v) is 6.14. The van der Waals surface area contributed by atoms with E-state index in [1.54, 1.807) is 4.57 Å². The lowest BCUT2D eigenvalue weighted by atomic mass is 10.3. The molecular formula is C10H14N5O5P. The molecule has 10 nitrogen and oxygen atoms in total. The maximum Gasteiger partial charge on any atom is 0.352 e. The zero-order valence-electron chi connectivity index (χ0n) is 11.1. The third kappa shape index (κ3) is 3.99. The predicted octanol–water partition coefficient (Wildman–Crippen LogP) is 0.0214. The van der Waals surface area contributed by atoms with Crippen LogP contribution in [-0.2, 0) is 20.7 Å². The van der Waals surface area contributed by atoms with Crippen LogP contribution in [0.1, 0.15) is 0 Å². The van der Waals surface area contributed by atoms with Crippen LogP contribution in [0.15, 0.2) is 23.3 Å². The lowest BCUT2D eigenvalue weighted by molar-refractivity contribution is -0.204. The Balaban J connectivity index is 2.08. The number of imidazole rings is 1. The van der Waals surface area contributed by atoms with Gasteiger partial charge in [0.1, 0.15) is 6.61 Å². The Bertz CT molecular complexity index is 776. The highest BCUT2D eigenvalue weighted by Crippen LogP contribution is 2.36. The maximum absolute atomic E-state index is 11.6. The summed E-state index contributed by atoms with van der Waals surface area (Å²) in [6.07, 6.45) is 1.41. The molecule has 0 spiro atoms. The summed E-state index contributed by atoms with van der Waals surface area (Å²) in [6, 6.07) is 0. The van der Waals surface area contributed by atoms with Gasteiger partial charge in [-0.1, -0.05) is 6.58 Å². The highest BCUT2D eigenvalue weighted by molar-refractivity contribution is 7.51. The van der Waals surface area contributed by atoms with E-state index in [9.17, 15) is 9.36 Å². The Morgan fingerprint density at radius 1 is 1.67 bits per heavy atom. The highest BCUT2D eigenvalue weighted by atomic mass is 31.2. The summed E-state index contributed by atoms with van der Waals surface area (Å²) in [6.45, 7) is 4.86. The van der Waals surface area contributed by atoms with E-state index in [4.69, 9.17) is 10.6 Å². The first kappa shape index (κ1) is 15.4. The molecule has 1 unspecified atom stereocenters. The molecule has 0 aliphatic heterocycles. The second kappa shape index (κ2) is 5.78. The molecule has 0 fully saturated rings. The minimum Gasteiger partial charge on any atom is -0.369 e. The van der Waals surface area contributed by atoms with E-state index in [0.717, 1.165) is 6.66 Å². The van der Waals surface area contributed by atoms with Crippen LogP contribution in [0.2, 0.25) is 0 Å². The lowest BCUT2D eigenvalue weighted by Crippen LogP contribution is -2.13. The lowest BCUT2D eigenvalue weighted by Gasteiger charge is -2.09. The number of H-pyrrole nitrogens is 1. The minimum absolute atomic E-state index is 0.0216.